The molecule has 0 spiro atoms. The van der Waals surface area contributed by atoms with E-state index < -0.39 is 6.10 Å². The summed E-state index contributed by atoms with van der Waals surface area (Å²) in [5.41, 5.74) is 0.510. The van der Waals surface area contributed by atoms with E-state index >= 15 is 0 Å². The van der Waals surface area contributed by atoms with Crippen LogP contribution in [0.5, 0.6) is 5.75 Å². The van der Waals surface area contributed by atoms with Gasteiger partial charge in [0.25, 0.3) is 0 Å². The highest BCUT2D eigenvalue weighted by Gasteiger charge is 2.11. The van der Waals surface area contributed by atoms with Crippen LogP contribution in [-0.4, -0.2) is 18.3 Å². The number of halogens is 1. The molecule has 2 nitrogen and oxygen atoms in total. The maximum Gasteiger partial charge on any atom is 0.168 e. The van der Waals surface area contributed by atoms with Crippen LogP contribution in [0.3, 0.4) is 0 Å². The molecule has 0 heterocycles. The van der Waals surface area contributed by atoms with E-state index in [0.717, 1.165) is 6.42 Å². The van der Waals surface area contributed by atoms with Gasteiger partial charge in [-0.2, -0.15) is 0 Å². The molecule has 84 valence electrons. The number of hydrogen-bond donors (Lipinski definition) is 1. The molecule has 0 aliphatic rings. The van der Waals surface area contributed by atoms with E-state index in [-0.39, 0.29) is 11.6 Å². The van der Waals surface area contributed by atoms with Crippen molar-refractivity contribution in [2.24, 2.45) is 0 Å². The van der Waals surface area contributed by atoms with Crippen LogP contribution in [0.15, 0.2) is 18.2 Å². The summed E-state index contributed by atoms with van der Waals surface area (Å²) in [7, 11) is 1.44. The zero-order valence-electron chi connectivity index (χ0n) is 9.16. The molecule has 0 radical (unpaired) electrons. The van der Waals surface area contributed by atoms with E-state index in [2.05, 4.69) is 0 Å². The molecule has 1 rings (SSSR count). The van der Waals surface area contributed by atoms with Crippen molar-refractivity contribution >= 4 is 0 Å². The van der Waals surface area contributed by atoms with Crippen LogP contribution in [0.4, 0.5) is 4.39 Å². The van der Waals surface area contributed by atoms with Crippen molar-refractivity contribution in [2.45, 2.75) is 32.3 Å². The van der Waals surface area contributed by atoms with Gasteiger partial charge in [0.05, 0.1) is 13.2 Å². The second-order valence-electron chi connectivity index (χ2n) is 3.58. The Hall–Kier alpha value is -1.09. The topological polar surface area (TPSA) is 29.5 Å². The van der Waals surface area contributed by atoms with Gasteiger partial charge < -0.3 is 9.84 Å². The fourth-order valence-electron chi connectivity index (χ4n) is 1.56. The molecule has 1 unspecified atom stereocenters. The van der Waals surface area contributed by atoms with Crippen molar-refractivity contribution in [3.8, 4) is 5.75 Å². The van der Waals surface area contributed by atoms with Crippen LogP contribution in [0, 0.1) is 5.82 Å². The van der Waals surface area contributed by atoms with Crippen molar-refractivity contribution in [3.05, 3.63) is 29.6 Å². The van der Waals surface area contributed by atoms with Crippen LogP contribution < -0.4 is 4.74 Å². The fourth-order valence-corrected chi connectivity index (χ4v) is 1.56. The highest BCUT2D eigenvalue weighted by Crippen LogP contribution is 2.21. The van der Waals surface area contributed by atoms with Crippen molar-refractivity contribution in [1.82, 2.24) is 0 Å². The largest absolute Gasteiger partial charge is 0.494 e. The molecule has 0 fully saturated rings. The summed E-state index contributed by atoms with van der Waals surface area (Å²) < 4.78 is 18.5. The normalized spacial score (nSPS) is 12.5. The minimum atomic E-state index is -0.475. The standard InChI is InChI=1S/C12H17FO2/c1-3-5-10(14)8-9-6-4-7-11(15-2)12(9)13/h4,6-7,10,14H,3,5,8H2,1-2H3. The monoisotopic (exact) mass is 212 g/mol. The Kier molecular flexibility index (Phi) is 4.56. The Morgan fingerprint density at radius 2 is 2.20 bits per heavy atom. The second-order valence-corrected chi connectivity index (χ2v) is 3.58. The Labute approximate surface area is 89.7 Å². The third kappa shape index (κ3) is 3.20. The first-order valence-corrected chi connectivity index (χ1v) is 5.18. The number of aliphatic hydroxyl groups excluding tert-OH is 1. The molecule has 0 aliphatic carbocycles. The molecule has 1 aromatic carbocycles. The summed E-state index contributed by atoms with van der Waals surface area (Å²) >= 11 is 0. The zero-order chi connectivity index (χ0) is 11.3. The van der Waals surface area contributed by atoms with Gasteiger partial charge in [-0.3, -0.25) is 0 Å². The lowest BCUT2D eigenvalue weighted by atomic mass is 10.0. The molecule has 3 heteroatoms. The molecular weight excluding hydrogens is 195 g/mol. The number of hydrogen-bond acceptors (Lipinski definition) is 2. The summed E-state index contributed by atoms with van der Waals surface area (Å²) in [6, 6.07) is 4.98. The zero-order valence-corrected chi connectivity index (χ0v) is 9.16. The number of aliphatic hydroxyl groups is 1. The van der Waals surface area contributed by atoms with E-state index in [4.69, 9.17) is 4.74 Å². The van der Waals surface area contributed by atoms with E-state index in [1.807, 2.05) is 6.92 Å². The Bertz CT molecular complexity index is 312. The Morgan fingerprint density at radius 1 is 1.47 bits per heavy atom. The van der Waals surface area contributed by atoms with E-state index in [0.29, 0.717) is 18.4 Å². The van der Waals surface area contributed by atoms with Crippen LogP contribution >= 0.6 is 0 Å². The maximum absolute atomic E-state index is 13.6. The van der Waals surface area contributed by atoms with E-state index in [9.17, 15) is 9.50 Å². The van der Waals surface area contributed by atoms with Gasteiger partial charge in [0.1, 0.15) is 0 Å². The van der Waals surface area contributed by atoms with E-state index in [1.165, 1.54) is 7.11 Å². The smallest absolute Gasteiger partial charge is 0.168 e. The highest BCUT2D eigenvalue weighted by atomic mass is 19.1. The lowest BCUT2D eigenvalue weighted by Crippen LogP contribution is -2.11. The Balaban J connectivity index is 2.76. The first-order chi connectivity index (χ1) is 7.19. The average Bonchev–Trinajstić information content (AvgIpc) is 2.21. The highest BCUT2D eigenvalue weighted by molar-refractivity contribution is 5.31. The van der Waals surface area contributed by atoms with Gasteiger partial charge in [0, 0.05) is 6.42 Å². The molecule has 0 aliphatic heterocycles. The molecule has 1 atom stereocenters. The molecule has 0 saturated heterocycles. The third-order valence-electron chi connectivity index (χ3n) is 2.34. The van der Waals surface area contributed by atoms with Gasteiger partial charge >= 0.3 is 0 Å². The SMILES string of the molecule is CCCC(O)Cc1cccc(OC)c1F. The molecule has 0 aromatic heterocycles. The first kappa shape index (κ1) is 12.0. The molecule has 1 N–H and O–H groups in total. The van der Waals surface area contributed by atoms with Crippen LogP contribution in [0.2, 0.25) is 0 Å². The molecule has 0 bridgehead atoms. The number of rotatable bonds is 5. The predicted octanol–water partition coefficient (Wildman–Crippen LogP) is 2.54. The van der Waals surface area contributed by atoms with Crippen LogP contribution in [0.1, 0.15) is 25.3 Å². The second kappa shape index (κ2) is 5.71. The summed E-state index contributed by atoms with van der Waals surface area (Å²) in [6.07, 6.45) is 1.46. The van der Waals surface area contributed by atoms with Gasteiger partial charge in [-0.05, 0) is 18.1 Å². The van der Waals surface area contributed by atoms with E-state index in [1.54, 1.807) is 18.2 Å². The van der Waals surface area contributed by atoms with Crippen molar-refractivity contribution < 1.29 is 14.2 Å². The molecular formula is C12H17FO2. The van der Waals surface area contributed by atoms with Gasteiger partial charge in [0.2, 0.25) is 0 Å². The van der Waals surface area contributed by atoms with Crippen LogP contribution in [0.25, 0.3) is 0 Å². The van der Waals surface area contributed by atoms with Crippen molar-refractivity contribution in [3.63, 3.8) is 0 Å². The lowest BCUT2D eigenvalue weighted by molar-refractivity contribution is 0.162. The number of benzene rings is 1. The minimum absolute atomic E-state index is 0.233. The summed E-state index contributed by atoms with van der Waals surface area (Å²) in [4.78, 5) is 0. The molecule has 15 heavy (non-hydrogen) atoms. The van der Waals surface area contributed by atoms with Crippen LogP contribution in [-0.2, 0) is 6.42 Å². The fraction of sp³-hybridized carbons (Fsp3) is 0.500. The number of methoxy groups -OCH3 is 1. The first-order valence-electron chi connectivity index (χ1n) is 5.18. The third-order valence-corrected chi connectivity index (χ3v) is 2.34. The molecule has 0 amide bonds. The Morgan fingerprint density at radius 3 is 2.80 bits per heavy atom. The predicted molar refractivity (Wildman–Crippen MR) is 57.6 cm³/mol. The number of ether oxygens (including phenoxy) is 1. The average molecular weight is 212 g/mol. The minimum Gasteiger partial charge on any atom is -0.494 e. The molecule has 1 aromatic rings. The quantitative estimate of drug-likeness (QED) is 0.812. The molecule has 0 saturated carbocycles. The van der Waals surface area contributed by atoms with Gasteiger partial charge in [-0.1, -0.05) is 25.5 Å². The summed E-state index contributed by atoms with van der Waals surface area (Å²) in [6.45, 7) is 1.99. The van der Waals surface area contributed by atoms with Crippen molar-refractivity contribution in [1.29, 1.82) is 0 Å². The van der Waals surface area contributed by atoms with Gasteiger partial charge in [-0.15, -0.1) is 0 Å². The van der Waals surface area contributed by atoms with Gasteiger partial charge in [-0.25, -0.2) is 4.39 Å². The van der Waals surface area contributed by atoms with Gasteiger partial charge in [0.15, 0.2) is 11.6 Å². The summed E-state index contributed by atoms with van der Waals surface area (Å²) in [5, 5.41) is 9.58. The summed E-state index contributed by atoms with van der Waals surface area (Å²) in [5.74, 6) is -0.133. The lowest BCUT2D eigenvalue weighted by Gasteiger charge is -2.11. The maximum atomic E-state index is 13.6. The van der Waals surface area contributed by atoms with Crippen molar-refractivity contribution in [2.75, 3.05) is 7.11 Å².